The molecule has 0 bridgehead atoms. The molecule has 0 N–H and O–H groups in total. The molecule has 6 nitrogen and oxygen atoms in total. The Labute approximate surface area is 129 Å². The van der Waals surface area contributed by atoms with Crippen molar-refractivity contribution in [3.63, 3.8) is 0 Å². The molecule has 2 aromatic rings. The van der Waals surface area contributed by atoms with Crippen LogP contribution in [0, 0.1) is 0 Å². The van der Waals surface area contributed by atoms with E-state index in [1.54, 1.807) is 17.3 Å². The normalized spacial score (nSPS) is 14.6. The zero-order valence-corrected chi connectivity index (χ0v) is 13.1. The number of carbonyl (C=O) groups excluding carboxylic acids is 1. The quantitative estimate of drug-likeness (QED) is 0.812. The number of hydrogen-bond donors (Lipinski definition) is 0. The number of carbonyl (C=O) groups is 1. The minimum absolute atomic E-state index is 0.271. The summed E-state index contributed by atoms with van der Waals surface area (Å²) in [5.74, 6) is 0. The second-order valence-electron chi connectivity index (χ2n) is 6.41. The monoisotopic (exact) mass is 300 g/mol. The van der Waals surface area contributed by atoms with Crippen molar-refractivity contribution in [2.75, 3.05) is 6.54 Å². The molecule has 2 aromatic heterocycles. The third-order valence-corrected chi connectivity index (χ3v) is 3.42. The van der Waals surface area contributed by atoms with E-state index in [9.17, 15) is 4.79 Å². The number of aromatic nitrogens is 3. The summed E-state index contributed by atoms with van der Waals surface area (Å²) < 4.78 is 7.25. The molecule has 116 valence electrons. The lowest BCUT2D eigenvalue weighted by molar-refractivity contribution is 0.0223. The zero-order chi connectivity index (χ0) is 15.7. The lowest BCUT2D eigenvalue weighted by Gasteiger charge is -2.29. The van der Waals surface area contributed by atoms with Gasteiger partial charge in [-0.2, -0.15) is 5.10 Å². The molecule has 22 heavy (non-hydrogen) atoms. The maximum Gasteiger partial charge on any atom is 0.410 e. The average Bonchev–Trinajstić information content (AvgIpc) is 2.89. The molecule has 0 aromatic carbocycles. The van der Waals surface area contributed by atoms with Crippen LogP contribution in [0.5, 0.6) is 0 Å². The van der Waals surface area contributed by atoms with Crippen molar-refractivity contribution in [2.45, 2.75) is 39.3 Å². The van der Waals surface area contributed by atoms with Crippen molar-refractivity contribution in [3.05, 3.63) is 42.0 Å². The maximum atomic E-state index is 12.2. The number of fused-ring (bicyclic) bond motifs is 1. The maximum absolute atomic E-state index is 12.2. The summed E-state index contributed by atoms with van der Waals surface area (Å²) in [7, 11) is 0. The first-order valence-electron chi connectivity index (χ1n) is 7.38. The van der Waals surface area contributed by atoms with Gasteiger partial charge in [-0.3, -0.25) is 4.98 Å². The van der Waals surface area contributed by atoms with E-state index in [4.69, 9.17) is 4.74 Å². The molecule has 6 heteroatoms. The highest BCUT2D eigenvalue weighted by molar-refractivity contribution is 5.68. The fourth-order valence-corrected chi connectivity index (χ4v) is 2.42. The summed E-state index contributed by atoms with van der Waals surface area (Å²) in [6, 6.07) is 3.83. The Morgan fingerprint density at radius 2 is 2.18 bits per heavy atom. The van der Waals surface area contributed by atoms with Crippen LogP contribution in [0.1, 0.15) is 32.0 Å². The molecule has 0 fully saturated rings. The van der Waals surface area contributed by atoms with Gasteiger partial charge < -0.3 is 9.64 Å². The lowest BCUT2D eigenvalue weighted by atomic mass is 10.1. The van der Waals surface area contributed by atoms with Crippen LogP contribution < -0.4 is 0 Å². The van der Waals surface area contributed by atoms with Crippen LogP contribution >= 0.6 is 0 Å². The number of nitrogens with zero attached hydrogens (tertiary/aromatic N) is 4. The molecule has 1 aliphatic rings. The highest BCUT2D eigenvalue weighted by atomic mass is 16.6. The number of amides is 1. The fourth-order valence-electron chi connectivity index (χ4n) is 2.42. The van der Waals surface area contributed by atoms with E-state index in [2.05, 4.69) is 10.1 Å². The zero-order valence-electron chi connectivity index (χ0n) is 13.1. The molecular weight excluding hydrogens is 280 g/mol. The predicted molar refractivity (Wildman–Crippen MR) is 81.7 cm³/mol. The molecule has 0 spiro atoms. The molecule has 0 saturated carbocycles. The van der Waals surface area contributed by atoms with Crippen molar-refractivity contribution < 1.29 is 9.53 Å². The molecule has 3 rings (SSSR count). The van der Waals surface area contributed by atoms with Crippen LogP contribution in [0.25, 0.3) is 5.69 Å². The van der Waals surface area contributed by atoms with Crippen molar-refractivity contribution >= 4 is 6.09 Å². The third-order valence-electron chi connectivity index (χ3n) is 3.42. The second kappa shape index (κ2) is 5.44. The van der Waals surface area contributed by atoms with Crippen molar-refractivity contribution in [1.82, 2.24) is 19.7 Å². The van der Waals surface area contributed by atoms with Crippen LogP contribution in [-0.2, 0) is 17.7 Å². The molecule has 3 heterocycles. The molecular formula is C16H20N4O2. The van der Waals surface area contributed by atoms with Gasteiger partial charge in [-0.1, -0.05) is 0 Å². The molecule has 0 radical (unpaired) electrons. The molecule has 0 atom stereocenters. The Kier molecular flexibility index (Phi) is 3.60. The van der Waals surface area contributed by atoms with Gasteiger partial charge in [0.15, 0.2) is 0 Å². The Hall–Kier alpha value is -2.37. The van der Waals surface area contributed by atoms with Crippen LogP contribution in [0.2, 0.25) is 0 Å². The Balaban J connectivity index is 1.77. The van der Waals surface area contributed by atoms with Crippen LogP contribution in [0.4, 0.5) is 4.79 Å². The lowest BCUT2D eigenvalue weighted by Crippen LogP contribution is -2.39. The van der Waals surface area contributed by atoms with E-state index in [1.807, 2.05) is 43.8 Å². The van der Waals surface area contributed by atoms with Gasteiger partial charge in [0.2, 0.25) is 0 Å². The number of ether oxygens (including phenoxy) is 1. The molecule has 0 saturated heterocycles. The van der Waals surface area contributed by atoms with Gasteiger partial charge in [0.25, 0.3) is 0 Å². The van der Waals surface area contributed by atoms with Crippen molar-refractivity contribution in [2.24, 2.45) is 0 Å². The molecule has 1 aliphatic heterocycles. The largest absolute Gasteiger partial charge is 0.444 e. The first-order valence-corrected chi connectivity index (χ1v) is 7.38. The third kappa shape index (κ3) is 3.10. The smallest absolute Gasteiger partial charge is 0.410 e. The number of pyridine rings is 1. The van der Waals surface area contributed by atoms with Gasteiger partial charge in [-0.15, -0.1) is 0 Å². The van der Waals surface area contributed by atoms with Crippen LogP contribution in [0.15, 0.2) is 30.7 Å². The summed E-state index contributed by atoms with van der Waals surface area (Å²) in [5.41, 5.74) is 2.53. The summed E-state index contributed by atoms with van der Waals surface area (Å²) in [5, 5.41) is 4.59. The van der Waals surface area contributed by atoms with Gasteiger partial charge in [0.1, 0.15) is 5.60 Å². The SMILES string of the molecule is CC(C)(C)OC(=O)N1CCc2nn(-c3cccnc3)cc2C1. The van der Waals surface area contributed by atoms with Gasteiger partial charge >= 0.3 is 6.09 Å². The Bertz CT molecular complexity index is 673. The Morgan fingerprint density at radius 1 is 1.36 bits per heavy atom. The second-order valence-corrected chi connectivity index (χ2v) is 6.41. The van der Waals surface area contributed by atoms with Gasteiger partial charge in [-0.25, -0.2) is 9.48 Å². The minimum atomic E-state index is -0.475. The fraction of sp³-hybridized carbons (Fsp3) is 0.438. The van der Waals surface area contributed by atoms with Crippen molar-refractivity contribution in [1.29, 1.82) is 0 Å². The highest BCUT2D eigenvalue weighted by Gasteiger charge is 2.27. The molecule has 1 amide bonds. The van der Waals surface area contributed by atoms with E-state index >= 15 is 0 Å². The van der Waals surface area contributed by atoms with E-state index in [0.29, 0.717) is 13.1 Å². The standard InChI is InChI=1S/C16H20N4O2/c1-16(2,3)22-15(21)19-8-6-14-12(10-19)11-20(18-14)13-5-4-7-17-9-13/h4-5,7,9,11H,6,8,10H2,1-3H3. The van der Waals surface area contributed by atoms with Crippen LogP contribution in [-0.4, -0.2) is 37.9 Å². The van der Waals surface area contributed by atoms with E-state index < -0.39 is 5.60 Å². The topological polar surface area (TPSA) is 60.2 Å². The van der Waals surface area contributed by atoms with Gasteiger partial charge in [-0.05, 0) is 32.9 Å². The van der Waals surface area contributed by atoms with E-state index in [1.165, 1.54) is 0 Å². The first-order chi connectivity index (χ1) is 10.4. The van der Waals surface area contributed by atoms with Crippen LogP contribution in [0.3, 0.4) is 0 Å². The van der Waals surface area contributed by atoms with Gasteiger partial charge in [0, 0.05) is 30.9 Å². The predicted octanol–water partition coefficient (Wildman–Crippen LogP) is 2.56. The highest BCUT2D eigenvalue weighted by Crippen LogP contribution is 2.21. The number of rotatable bonds is 1. The van der Waals surface area contributed by atoms with Gasteiger partial charge in [0.05, 0.1) is 24.1 Å². The minimum Gasteiger partial charge on any atom is -0.444 e. The number of hydrogen-bond acceptors (Lipinski definition) is 4. The average molecular weight is 300 g/mol. The van der Waals surface area contributed by atoms with E-state index in [-0.39, 0.29) is 6.09 Å². The summed E-state index contributed by atoms with van der Waals surface area (Å²) in [4.78, 5) is 18.0. The Morgan fingerprint density at radius 3 is 2.86 bits per heavy atom. The van der Waals surface area contributed by atoms with Crippen molar-refractivity contribution in [3.8, 4) is 5.69 Å². The molecule has 0 unspecified atom stereocenters. The summed E-state index contributed by atoms with van der Waals surface area (Å²) in [6.45, 7) is 6.79. The molecule has 0 aliphatic carbocycles. The van der Waals surface area contributed by atoms with E-state index in [0.717, 1.165) is 23.4 Å². The summed E-state index contributed by atoms with van der Waals surface area (Å²) in [6.07, 6.45) is 5.93. The summed E-state index contributed by atoms with van der Waals surface area (Å²) >= 11 is 0. The first kappa shape index (κ1) is 14.6.